The molecule has 0 aliphatic heterocycles. The molecule has 1 unspecified atom stereocenters. The predicted octanol–water partition coefficient (Wildman–Crippen LogP) is 6.14. The summed E-state index contributed by atoms with van der Waals surface area (Å²) in [5.41, 5.74) is 1.40. The Hall–Kier alpha value is 0.320. The van der Waals surface area contributed by atoms with Gasteiger partial charge in [0.25, 0.3) is 0 Å². The van der Waals surface area contributed by atoms with Crippen molar-refractivity contribution < 1.29 is 5.11 Å². The minimum atomic E-state index is 0.163. The van der Waals surface area contributed by atoms with Gasteiger partial charge in [0.15, 0.2) is 0 Å². The molecule has 2 nitrogen and oxygen atoms in total. The molecular formula is C18H30BrNOS2. The number of rotatable bonds is 9. The third-order valence-corrected chi connectivity index (χ3v) is 5.90. The summed E-state index contributed by atoms with van der Waals surface area (Å²) in [5, 5.41) is 9.29. The number of aliphatic hydroxyl groups excluding tert-OH is 1. The molecule has 0 saturated heterocycles. The Morgan fingerprint density at radius 3 is 2.52 bits per heavy atom. The largest absolute Gasteiger partial charge is 0.396 e. The van der Waals surface area contributed by atoms with Crippen molar-refractivity contribution in [1.29, 1.82) is 0 Å². The lowest BCUT2D eigenvalue weighted by atomic mass is 10.0. The van der Waals surface area contributed by atoms with Gasteiger partial charge in [-0.2, -0.15) is 0 Å². The van der Waals surface area contributed by atoms with Gasteiger partial charge in [0, 0.05) is 33.3 Å². The molecule has 23 heavy (non-hydrogen) atoms. The molecule has 0 aromatic heterocycles. The molecule has 0 bridgehead atoms. The van der Waals surface area contributed by atoms with E-state index in [2.05, 4.69) is 72.4 Å². The minimum Gasteiger partial charge on any atom is -0.396 e. The van der Waals surface area contributed by atoms with Gasteiger partial charge < -0.3 is 5.11 Å². The lowest BCUT2D eigenvalue weighted by Crippen LogP contribution is -2.29. The third kappa shape index (κ3) is 7.39. The van der Waals surface area contributed by atoms with Crippen molar-refractivity contribution >= 4 is 39.6 Å². The minimum absolute atomic E-state index is 0.163. The van der Waals surface area contributed by atoms with Crippen molar-refractivity contribution in [2.24, 2.45) is 0 Å². The molecule has 5 heteroatoms. The van der Waals surface area contributed by atoms with Gasteiger partial charge in [-0.1, -0.05) is 47.3 Å². The highest BCUT2D eigenvalue weighted by molar-refractivity contribution is 9.10. The fraction of sp³-hybridized carbons (Fsp3) is 0.667. The zero-order valence-corrected chi connectivity index (χ0v) is 18.2. The first-order chi connectivity index (χ1) is 10.8. The molecule has 0 fully saturated rings. The number of benzene rings is 1. The van der Waals surface area contributed by atoms with Crippen molar-refractivity contribution in [3.05, 3.63) is 28.2 Å². The van der Waals surface area contributed by atoms with Crippen LogP contribution in [0.4, 0.5) is 0 Å². The van der Waals surface area contributed by atoms with E-state index in [1.807, 2.05) is 23.7 Å². The van der Waals surface area contributed by atoms with E-state index in [9.17, 15) is 5.11 Å². The monoisotopic (exact) mass is 419 g/mol. The number of hydrogen-bond donors (Lipinski definition) is 1. The average molecular weight is 420 g/mol. The molecule has 0 spiro atoms. The van der Waals surface area contributed by atoms with E-state index in [-0.39, 0.29) is 11.4 Å². The zero-order valence-electron chi connectivity index (χ0n) is 14.9. The van der Waals surface area contributed by atoms with E-state index in [4.69, 9.17) is 0 Å². The standard InChI is InChI=1S/C18H30BrNOS2/c1-6-8-16(15-10-9-14(19)13-17(15)22-5)20(11-7-12-21)23-18(2,3)4/h9-10,13,16,21H,6-8,11-12H2,1-5H3. The quantitative estimate of drug-likeness (QED) is 0.383. The molecule has 0 radical (unpaired) electrons. The Kier molecular flexibility index (Phi) is 9.61. The number of thioether (sulfide) groups is 1. The van der Waals surface area contributed by atoms with Crippen LogP contribution in [-0.2, 0) is 0 Å². The van der Waals surface area contributed by atoms with Gasteiger partial charge in [-0.3, -0.25) is 0 Å². The summed E-state index contributed by atoms with van der Waals surface area (Å²) in [7, 11) is 0. The molecule has 1 aromatic carbocycles. The molecule has 0 aliphatic carbocycles. The summed E-state index contributed by atoms with van der Waals surface area (Å²) >= 11 is 7.30. The van der Waals surface area contributed by atoms with Crippen LogP contribution in [0, 0.1) is 0 Å². The fourth-order valence-electron chi connectivity index (χ4n) is 2.53. The zero-order chi connectivity index (χ0) is 17.5. The van der Waals surface area contributed by atoms with E-state index in [1.54, 1.807) is 0 Å². The summed E-state index contributed by atoms with van der Waals surface area (Å²) in [6.45, 7) is 10.2. The lowest BCUT2D eigenvalue weighted by Gasteiger charge is -2.36. The SMILES string of the molecule is CCCC(c1ccc(Br)cc1SC)N(CCCO)SC(C)(C)C. The topological polar surface area (TPSA) is 23.5 Å². The van der Waals surface area contributed by atoms with Gasteiger partial charge in [-0.05, 0) is 57.6 Å². The molecule has 1 aromatic rings. The van der Waals surface area contributed by atoms with Crippen molar-refractivity contribution in [2.45, 2.75) is 62.6 Å². The average Bonchev–Trinajstić information content (AvgIpc) is 2.48. The van der Waals surface area contributed by atoms with E-state index in [0.717, 1.165) is 30.3 Å². The van der Waals surface area contributed by atoms with Crippen LogP contribution in [-0.4, -0.2) is 33.6 Å². The Morgan fingerprint density at radius 2 is 2.00 bits per heavy atom. The van der Waals surface area contributed by atoms with Crippen LogP contribution < -0.4 is 0 Å². The van der Waals surface area contributed by atoms with Gasteiger partial charge in [-0.15, -0.1) is 11.8 Å². The van der Waals surface area contributed by atoms with Gasteiger partial charge in [-0.25, -0.2) is 4.31 Å². The first-order valence-corrected chi connectivity index (χ1v) is 11.0. The fourth-order valence-corrected chi connectivity index (χ4v) is 5.00. The van der Waals surface area contributed by atoms with Crippen LogP contribution in [0.3, 0.4) is 0 Å². The summed E-state index contributed by atoms with van der Waals surface area (Å²) < 4.78 is 3.78. The predicted molar refractivity (Wildman–Crippen MR) is 109 cm³/mol. The number of halogens is 1. The second-order valence-corrected chi connectivity index (χ2v) is 10.3. The molecule has 1 rings (SSSR count). The van der Waals surface area contributed by atoms with Gasteiger partial charge in [0.2, 0.25) is 0 Å². The van der Waals surface area contributed by atoms with Gasteiger partial charge in [0.05, 0.1) is 0 Å². The van der Waals surface area contributed by atoms with E-state index in [1.165, 1.54) is 10.5 Å². The van der Waals surface area contributed by atoms with Gasteiger partial charge >= 0.3 is 0 Å². The smallest absolute Gasteiger partial charge is 0.0463 e. The maximum atomic E-state index is 9.29. The number of nitrogens with zero attached hydrogens (tertiary/aromatic N) is 1. The summed E-state index contributed by atoms with van der Waals surface area (Å²) in [5.74, 6) is 0. The van der Waals surface area contributed by atoms with Gasteiger partial charge in [0.1, 0.15) is 0 Å². The van der Waals surface area contributed by atoms with Crippen LogP contribution >= 0.6 is 39.6 Å². The lowest BCUT2D eigenvalue weighted by molar-refractivity contribution is 0.252. The summed E-state index contributed by atoms with van der Waals surface area (Å²) in [6, 6.07) is 7.00. The first-order valence-electron chi connectivity index (χ1n) is 8.22. The van der Waals surface area contributed by atoms with Crippen molar-refractivity contribution in [1.82, 2.24) is 4.31 Å². The Labute approximate surface area is 159 Å². The van der Waals surface area contributed by atoms with Crippen molar-refractivity contribution in [3.8, 4) is 0 Å². The molecule has 0 amide bonds. The molecule has 1 N–H and O–H groups in total. The third-order valence-electron chi connectivity index (χ3n) is 3.39. The second kappa shape index (κ2) is 10.3. The Bertz CT molecular complexity index is 477. The molecule has 0 aliphatic rings. The van der Waals surface area contributed by atoms with E-state index < -0.39 is 0 Å². The van der Waals surface area contributed by atoms with Crippen molar-refractivity contribution in [3.63, 3.8) is 0 Å². The van der Waals surface area contributed by atoms with Crippen LogP contribution in [0.2, 0.25) is 0 Å². The summed E-state index contributed by atoms with van der Waals surface area (Å²) in [6.07, 6.45) is 5.23. The van der Waals surface area contributed by atoms with Crippen LogP contribution in [0.1, 0.15) is 58.6 Å². The maximum Gasteiger partial charge on any atom is 0.0463 e. The highest BCUT2D eigenvalue weighted by Gasteiger charge is 2.26. The Balaban J connectivity index is 3.17. The van der Waals surface area contributed by atoms with E-state index >= 15 is 0 Å². The van der Waals surface area contributed by atoms with E-state index in [0.29, 0.717) is 6.04 Å². The second-order valence-electron chi connectivity index (χ2n) is 6.61. The van der Waals surface area contributed by atoms with Crippen LogP contribution in [0.25, 0.3) is 0 Å². The Morgan fingerprint density at radius 1 is 1.30 bits per heavy atom. The molecule has 0 saturated carbocycles. The highest BCUT2D eigenvalue weighted by atomic mass is 79.9. The first kappa shape index (κ1) is 21.4. The normalized spacial score (nSPS) is 13.6. The van der Waals surface area contributed by atoms with Crippen LogP contribution in [0.5, 0.6) is 0 Å². The molecule has 132 valence electrons. The maximum absolute atomic E-state index is 9.29. The molecular weight excluding hydrogens is 390 g/mol. The molecule has 0 heterocycles. The highest BCUT2D eigenvalue weighted by Crippen LogP contribution is 2.41. The van der Waals surface area contributed by atoms with Crippen molar-refractivity contribution in [2.75, 3.05) is 19.4 Å². The summed E-state index contributed by atoms with van der Waals surface area (Å²) in [4.78, 5) is 1.33. The number of hydrogen-bond acceptors (Lipinski definition) is 4. The number of aliphatic hydroxyl groups is 1. The molecule has 1 atom stereocenters. The van der Waals surface area contributed by atoms with Crippen LogP contribution in [0.15, 0.2) is 27.6 Å².